The van der Waals surface area contributed by atoms with Crippen LogP contribution in [0.5, 0.6) is 5.75 Å². The molecule has 3 aromatic carbocycles. The molecular weight excluding hydrogens is 985 g/mol. The van der Waals surface area contributed by atoms with E-state index < -0.39 is 47.3 Å². The molecule has 0 aliphatic rings. The highest BCUT2D eigenvalue weighted by atomic mass is 16.6. The van der Waals surface area contributed by atoms with Crippen molar-refractivity contribution in [1.82, 2.24) is 47.4 Å². The van der Waals surface area contributed by atoms with Crippen LogP contribution in [0.15, 0.2) is 84.9 Å². The highest BCUT2D eigenvalue weighted by Gasteiger charge is 2.26. The van der Waals surface area contributed by atoms with E-state index in [1.807, 2.05) is 12.1 Å². The molecule has 0 unspecified atom stereocenters. The van der Waals surface area contributed by atoms with Crippen molar-refractivity contribution in [3.8, 4) is 5.75 Å². The Bertz CT molecular complexity index is 2140. The predicted molar refractivity (Wildman–Crippen MR) is 299 cm³/mol. The van der Waals surface area contributed by atoms with E-state index in [4.69, 9.17) is 30.8 Å². The lowest BCUT2D eigenvalue weighted by Crippen LogP contribution is -2.49. The van der Waals surface area contributed by atoms with Crippen LogP contribution in [-0.2, 0) is 25.5 Å². The zero-order valence-corrected chi connectivity index (χ0v) is 46.1. The molecule has 0 aromatic heterocycles. The summed E-state index contributed by atoms with van der Waals surface area (Å²) in [5.41, 5.74) is 6.18. The van der Waals surface area contributed by atoms with Crippen LogP contribution in [0.2, 0.25) is 0 Å². The van der Waals surface area contributed by atoms with Gasteiger partial charge in [0.15, 0.2) is 11.9 Å². The van der Waals surface area contributed by atoms with E-state index in [1.54, 1.807) is 102 Å². The SMILES string of the molecule is CC(C)(C)OC(=O)N[C@@H](CCCCNC(=N)NC(=O)c1ccccc1)C(=O)NCCCN(CCCNC(=O)[C@H](CCCCNC(=N)NC(=O)c1ccccc1)NC(=O)OC(C)(C)C)CCOc1ccc(CCCCN)cc1. The number of guanidine groups is 2. The molecular formula is C56H86N12O9. The summed E-state index contributed by atoms with van der Waals surface area (Å²) in [6.07, 6.45) is 5.33. The quantitative estimate of drug-likeness (QED) is 0.0204. The van der Waals surface area contributed by atoms with Crippen molar-refractivity contribution in [1.29, 1.82) is 10.8 Å². The Morgan fingerprint density at radius 3 is 1.38 bits per heavy atom. The molecule has 0 saturated carbocycles. The monoisotopic (exact) mass is 1070 g/mol. The van der Waals surface area contributed by atoms with Gasteiger partial charge in [-0.25, -0.2) is 9.59 Å². The maximum atomic E-state index is 13.6. The van der Waals surface area contributed by atoms with Gasteiger partial charge in [0.05, 0.1) is 0 Å². The number of benzene rings is 3. The zero-order chi connectivity index (χ0) is 56.5. The van der Waals surface area contributed by atoms with Crippen molar-refractivity contribution in [2.24, 2.45) is 5.73 Å². The first-order valence-corrected chi connectivity index (χ1v) is 26.8. The number of alkyl carbamates (subject to hydrolysis) is 2. The molecule has 0 saturated heterocycles. The topological polar surface area (TPSA) is 303 Å². The highest BCUT2D eigenvalue weighted by Crippen LogP contribution is 2.15. The largest absolute Gasteiger partial charge is 0.492 e. The third kappa shape index (κ3) is 29.6. The summed E-state index contributed by atoms with van der Waals surface area (Å²) in [6, 6.07) is 23.4. The van der Waals surface area contributed by atoms with Crippen LogP contribution < -0.4 is 53.0 Å². The van der Waals surface area contributed by atoms with Crippen LogP contribution >= 0.6 is 0 Å². The molecule has 0 heterocycles. The van der Waals surface area contributed by atoms with E-state index in [2.05, 4.69) is 59.6 Å². The Labute approximate surface area is 455 Å². The Kier molecular flexibility index (Phi) is 29.2. The van der Waals surface area contributed by atoms with Gasteiger partial charge in [0.2, 0.25) is 11.8 Å². The van der Waals surface area contributed by atoms with Crippen molar-refractivity contribution >= 4 is 47.7 Å². The first-order chi connectivity index (χ1) is 36.7. The number of carbonyl (C=O) groups excluding carboxylic acids is 6. The van der Waals surface area contributed by atoms with Gasteiger partial charge < -0.3 is 51.8 Å². The number of nitrogens with one attached hydrogen (secondary N) is 10. The van der Waals surface area contributed by atoms with E-state index in [-0.39, 0.29) is 23.7 Å². The second kappa shape index (κ2) is 35.1. The molecule has 0 aliphatic heterocycles. The number of amides is 6. The molecule has 12 N–H and O–H groups in total. The molecule has 77 heavy (non-hydrogen) atoms. The summed E-state index contributed by atoms with van der Waals surface area (Å²) >= 11 is 0. The van der Waals surface area contributed by atoms with Gasteiger partial charge in [0.1, 0.15) is 35.6 Å². The molecule has 0 bridgehead atoms. The highest BCUT2D eigenvalue weighted by molar-refractivity contribution is 6.05. The second-order valence-electron chi connectivity index (χ2n) is 20.5. The van der Waals surface area contributed by atoms with Crippen molar-refractivity contribution in [2.45, 2.75) is 135 Å². The molecule has 0 fully saturated rings. The smallest absolute Gasteiger partial charge is 0.408 e. The Morgan fingerprint density at radius 2 is 0.961 bits per heavy atom. The Morgan fingerprint density at radius 1 is 0.532 bits per heavy atom. The number of nitrogens with zero attached hydrogens (tertiary/aromatic N) is 1. The molecule has 3 aromatic rings. The van der Waals surface area contributed by atoms with Crippen molar-refractivity contribution in [2.75, 3.05) is 59.0 Å². The molecule has 0 aliphatic carbocycles. The number of unbranched alkanes of at least 4 members (excludes halogenated alkanes) is 3. The number of carbonyl (C=O) groups is 6. The van der Waals surface area contributed by atoms with Crippen LogP contribution in [-0.4, -0.2) is 135 Å². The minimum Gasteiger partial charge on any atom is -0.492 e. The van der Waals surface area contributed by atoms with Gasteiger partial charge in [0, 0.05) is 43.9 Å². The molecule has 21 heteroatoms. The third-order valence-electron chi connectivity index (χ3n) is 11.4. The van der Waals surface area contributed by atoms with E-state index in [9.17, 15) is 28.8 Å². The zero-order valence-electron chi connectivity index (χ0n) is 46.1. The number of aryl methyl sites for hydroxylation is 1. The average molecular weight is 1070 g/mol. The summed E-state index contributed by atoms with van der Waals surface area (Å²) in [6.45, 7) is 14.5. The fraction of sp³-hybridized carbons (Fsp3) is 0.536. The standard InChI is InChI=1S/C56H86N12O9/c1-55(2,3)76-53(73)64-45(26-14-17-33-62-51(58)66-47(69)42-22-9-7-10-23-42)49(71)60-35-19-37-68(39-40-75-44-30-28-41(29-31-44)21-13-16-32-57)38-20-36-61-50(72)46(65-54(74)77-56(4,5)6)27-15-18-34-63-52(59)67-48(70)43-24-11-8-12-25-43/h7-12,22-25,28-31,45-46H,13-21,26-27,32-40,57H2,1-6H3,(H,60,71)(H,61,72)(H,64,73)(H,65,74)(H3,58,62,66,69)(H3,59,63,67,70)/t45-,46-/m0/s1. The molecule has 3 rings (SSSR count). The lowest BCUT2D eigenvalue weighted by Gasteiger charge is -2.25. The van der Waals surface area contributed by atoms with Gasteiger partial charge in [-0.2, -0.15) is 0 Å². The predicted octanol–water partition coefficient (Wildman–Crippen LogP) is 5.70. The van der Waals surface area contributed by atoms with Gasteiger partial charge in [-0.3, -0.25) is 45.5 Å². The molecule has 424 valence electrons. The summed E-state index contributed by atoms with van der Waals surface area (Å²) in [5.74, 6) is -1.08. The van der Waals surface area contributed by atoms with Crippen LogP contribution in [0.4, 0.5) is 9.59 Å². The van der Waals surface area contributed by atoms with Gasteiger partial charge in [-0.05, 0) is 174 Å². The minimum atomic E-state index is -0.887. The first kappa shape index (κ1) is 64.0. The summed E-state index contributed by atoms with van der Waals surface area (Å²) in [7, 11) is 0. The normalized spacial score (nSPS) is 12.0. The Hall–Kier alpha value is -7.26. The average Bonchev–Trinajstić information content (AvgIpc) is 3.37. The van der Waals surface area contributed by atoms with E-state index >= 15 is 0 Å². The van der Waals surface area contributed by atoms with E-state index in [0.717, 1.165) is 25.0 Å². The van der Waals surface area contributed by atoms with Crippen LogP contribution in [0.1, 0.15) is 132 Å². The number of hydrogen-bond donors (Lipinski definition) is 11. The number of ether oxygens (including phenoxy) is 3. The molecule has 0 spiro atoms. The number of rotatable bonds is 32. The Balaban J connectivity index is 1.57. The molecule has 0 radical (unpaired) electrons. The van der Waals surface area contributed by atoms with Crippen LogP contribution in [0.3, 0.4) is 0 Å². The fourth-order valence-electron chi connectivity index (χ4n) is 7.58. The maximum absolute atomic E-state index is 13.6. The second-order valence-corrected chi connectivity index (χ2v) is 20.5. The number of nitrogens with two attached hydrogens (primary N) is 1. The molecule has 2 atom stereocenters. The van der Waals surface area contributed by atoms with Gasteiger partial charge >= 0.3 is 12.2 Å². The lowest BCUT2D eigenvalue weighted by atomic mass is 10.1. The molecule has 6 amide bonds. The number of hydrogen-bond acceptors (Lipinski definition) is 13. The van der Waals surface area contributed by atoms with Gasteiger partial charge in [0.25, 0.3) is 11.8 Å². The fourth-order valence-corrected chi connectivity index (χ4v) is 7.58. The van der Waals surface area contributed by atoms with Crippen LogP contribution in [0.25, 0.3) is 0 Å². The lowest BCUT2D eigenvalue weighted by molar-refractivity contribution is -0.124. The molecule has 21 nitrogen and oxygen atoms in total. The minimum absolute atomic E-state index is 0.143. The van der Waals surface area contributed by atoms with Gasteiger partial charge in [-0.15, -0.1) is 0 Å². The summed E-state index contributed by atoms with van der Waals surface area (Å²) in [4.78, 5) is 79.9. The first-order valence-electron chi connectivity index (χ1n) is 26.8. The summed E-state index contributed by atoms with van der Waals surface area (Å²) < 4.78 is 17.1. The van der Waals surface area contributed by atoms with Crippen molar-refractivity contribution in [3.05, 3.63) is 102 Å². The van der Waals surface area contributed by atoms with E-state index in [0.29, 0.717) is 121 Å². The van der Waals surface area contributed by atoms with Crippen LogP contribution in [0, 0.1) is 10.8 Å². The van der Waals surface area contributed by atoms with Gasteiger partial charge in [-0.1, -0.05) is 48.5 Å². The summed E-state index contributed by atoms with van der Waals surface area (Å²) in [5, 5.41) is 38.4. The third-order valence-corrected chi connectivity index (χ3v) is 11.4. The maximum Gasteiger partial charge on any atom is 0.408 e. The van der Waals surface area contributed by atoms with Crippen molar-refractivity contribution < 1.29 is 43.0 Å². The van der Waals surface area contributed by atoms with E-state index in [1.165, 1.54) is 5.56 Å². The van der Waals surface area contributed by atoms with Crippen molar-refractivity contribution in [3.63, 3.8) is 0 Å².